The van der Waals surface area contributed by atoms with E-state index in [0.717, 1.165) is 5.56 Å². The highest BCUT2D eigenvalue weighted by Gasteiger charge is 2.41. The highest BCUT2D eigenvalue weighted by molar-refractivity contribution is 14.1. The minimum Gasteiger partial charge on any atom is -0.493 e. The lowest BCUT2D eigenvalue weighted by Gasteiger charge is -2.40. The molecule has 216 valence electrons. The Kier molecular flexibility index (Phi) is 12.2. The summed E-state index contributed by atoms with van der Waals surface area (Å²) in [5.74, 6) is -0.288. The van der Waals surface area contributed by atoms with Crippen molar-refractivity contribution in [3.63, 3.8) is 0 Å². The maximum atomic E-state index is 13.4. The van der Waals surface area contributed by atoms with Gasteiger partial charge in [-0.05, 0) is 65.4 Å². The zero-order valence-corrected chi connectivity index (χ0v) is 25.1. The molecule has 1 aliphatic carbocycles. The van der Waals surface area contributed by atoms with E-state index in [9.17, 15) is 24.6 Å². The highest BCUT2D eigenvalue weighted by Crippen LogP contribution is 2.37. The number of aldehydes is 1. The zero-order valence-electron chi connectivity index (χ0n) is 22.1. The molecule has 0 aliphatic heterocycles. The van der Waals surface area contributed by atoms with Gasteiger partial charge in [0, 0.05) is 42.3 Å². The molecule has 0 heterocycles. The van der Waals surface area contributed by atoms with Crippen LogP contribution < -0.4 is 14.8 Å². The molecule has 2 amide bonds. The number of amides is 2. The lowest BCUT2D eigenvalue weighted by Crippen LogP contribution is -2.55. The Morgan fingerprint density at radius 2 is 1.98 bits per heavy atom. The van der Waals surface area contributed by atoms with Crippen LogP contribution in [-0.2, 0) is 20.9 Å². The molecule has 10 nitrogen and oxygen atoms in total. The Hall–Kier alpha value is -2.71. The molecular weight excluding hydrogens is 655 g/mol. The second-order valence-corrected chi connectivity index (χ2v) is 10.6. The monoisotopic (exact) mass is 686 g/mol. The third kappa shape index (κ3) is 8.16. The van der Waals surface area contributed by atoms with Crippen LogP contribution in [0.5, 0.6) is 11.5 Å². The number of carbonyl (C=O) groups is 3. The van der Waals surface area contributed by atoms with E-state index >= 15 is 0 Å². The van der Waals surface area contributed by atoms with Gasteiger partial charge in [-0.2, -0.15) is 0 Å². The first-order valence-electron chi connectivity index (χ1n) is 12.6. The Morgan fingerprint density at radius 3 is 2.60 bits per heavy atom. The smallest absolute Gasteiger partial charge is 0.249 e. The van der Waals surface area contributed by atoms with E-state index in [1.807, 2.05) is 22.6 Å². The number of hydrogen-bond acceptors (Lipinski definition) is 8. The standard InChI is InChI=1S/C28H32ClIN2O8/c1-3-39-16-25(35)32(14-17-4-6-20(29)7-5-17)22-12-19(28(37)31-8-9-33)13-23(26(22)36)40-27-21(30)10-18(15-34)11-24(27)38-2/h4-7,10-11,13,15,22-23,26,33,36H,3,8-9,12,14,16H2,1-2H3,(H,31,37). The summed E-state index contributed by atoms with van der Waals surface area (Å²) in [7, 11) is 1.43. The van der Waals surface area contributed by atoms with Crippen LogP contribution in [0.3, 0.4) is 0 Å². The summed E-state index contributed by atoms with van der Waals surface area (Å²) in [6, 6.07) is 9.21. The SMILES string of the molecule is CCOCC(=O)N(Cc1ccc(Cl)cc1)C1CC(C(=O)NCCO)=CC(Oc2c(I)cc(C=O)cc2OC)C1O. The van der Waals surface area contributed by atoms with Crippen molar-refractivity contribution in [2.45, 2.75) is 38.1 Å². The fraction of sp³-hybridized carbons (Fsp3) is 0.393. The van der Waals surface area contributed by atoms with Crippen LogP contribution in [0.1, 0.15) is 29.3 Å². The average molecular weight is 687 g/mol. The molecule has 2 aromatic carbocycles. The maximum Gasteiger partial charge on any atom is 0.249 e. The molecule has 0 saturated carbocycles. The van der Waals surface area contributed by atoms with Crippen molar-refractivity contribution in [2.75, 3.05) is 33.5 Å². The summed E-state index contributed by atoms with van der Waals surface area (Å²) in [5.41, 5.74) is 1.42. The number of benzene rings is 2. The first kappa shape index (κ1) is 31.8. The minimum atomic E-state index is -1.25. The Balaban J connectivity index is 2.03. The van der Waals surface area contributed by atoms with Gasteiger partial charge in [-0.3, -0.25) is 14.4 Å². The van der Waals surface area contributed by atoms with Crippen molar-refractivity contribution in [3.05, 3.63) is 67.8 Å². The number of aliphatic hydroxyl groups is 2. The minimum absolute atomic E-state index is 0.0298. The average Bonchev–Trinajstić information content (AvgIpc) is 2.96. The normalized spacial score (nSPS) is 18.4. The molecule has 40 heavy (non-hydrogen) atoms. The van der Waals surface area contributed by atoms with Crippen LogP contribution in [0, 0.1) is 3.57 Å². The van der Waals surface area contributed by atoms with Crippen molar-refractivity contribution in [2.24, 2.45) is 0 Å². The van der Waals surface area contributed by atoms with Crippen molar-refractivity contribution in [1.29, 1.82) is 0 Å². The van der Waals surface area contributed by atoms with Crippen molar-refractivity contribution >= 4 is 52.3 Å². The van der Waals surface area contributed by atoms with Crippen LogP contribution in [0.15, 0.2) is 48.0 Å². The molecule has 12 heteroatoms. The molecule has 2 aromatic rings. The second kappa shape index (κ2) is 15.3. The third-order valence-corrected chi connectivity index (χ3v) is 7.33. The maximum absolute atomic E-state index is 13.4. The summed E-state index contributed by atoms with van der Waals surface area (Å²) in [5, 5.41) is 24.0. The van der Waals surface area contributed by atoms with E-state index in [4.69, 9.17) is 25.8 Å². The van der Waals surface area contributed by atoms with Gasteiger partial charge in [0.1, 0.15) is 25.1 Å². The number of rotatable bonds is 13. The molecule has 1 aliphatic rings. The Morgan fingerprint density at radius 1 is 1.25 bits per heavy atom. The predicted octanol–water partition coefficient (Wildman–Crippen LogP) is 2.75. The fourth-order valence-electron chi connectivity index (χ4n) is 4.29. The first-order chi connectivity index (χ1) is 19.2. The Labute approximate surface area is 251 Å². The molecule has 0 saturated heterocycles. The highest BCUT2D eigenvalue weighted by atomic mass is 127. The molecular formula is C28H32ClIN2O8. The van der Waals surface area contributed by atoms with Gasteiger partial charge < -0.3 is 34.6 Å². The molecule has 0 bridgehead atoms. The van der Waals surface area contributed by atoms with Gasteiger partial charge in [0.15, 0.2) is 11.5 Å². The van der Waals surface area contributed by atoms with Crippen molar-refractivity contribution in [3.8, 4) is 11.5 Å². The number of halogens is 2. The van der Waals surface area contributed by atoms with Gasteiger partial charge in [-0.25, -0.2) is 0 Å². The number of ether oxygens (including phenoxy) is 3. The number of aliphatic hydroxyl groups excluding tert-OH is 2. The molecule has 0 spiro atoms. The lowest BCUT2D eigenvalue weighted by atomic mass is 9.87. The fourth-order valence-corrected chi connectivity index (χ4v) is 5.17. The van der Waals surface area contributed by atoms with E-state index in [-0.39, 0.29) is 55.7 Å². The zero-order chi connectivity index (χ0) is 29.2. The molecule has 3 N–H and O–H groups in total. The molecule has 3 rings (SSSR count). The molecule has 3 unspecified atom stereocenters. The lowest BCUT2D eigenvalue weighted by molar-refractivity contribution is -0.144. The molecule has 0 aromatic heterocycles. The summed E-state index contributed by atoms with van der Waals surface area (Å²) in [6.07, 6.45) is -0.0986. The number of carbonyl (C=O) groups excluding carboxylic acids is 3. The van der Waals surface area contributed by atoms with Gasteiger partial charge in [0.2, 0.25) is 11.8 Å². The summed E-state index contributed by atoms with van der Waals surface area (Å²) < 4.78 is 17.6. The first-order valence-corrected chi connectivity index (χ1v) is 14.1. The van der Waals surface area contributed by atoms with Gasteiger partial charge in [0.25, 0.3) is 0 Å². The molecule has 0 fully saturated rings. The topological polar surface area (TPSA) is 135 Å². The quantitative estimate of drug-likeness (QED) is 0.217. The second-order valence-electron chi connectivity index (χ2n) is 8.95. The van der Waals surface area contributed by atoms with Gasteiger partial charge in [-0.1, -0.05) is 23.7 Å². The number of methoxy groups -OCH3 is 1. The van der Waals surface area contributed by atoms with Crippen molar-refractivity contribution in [1.82, 2.24) is 10.2 Å². The van der Waals surface area contributed by atoms with Crippen molar-refractivity contribution < 1.29 is 38.8 Å². The number of nitrogens with zero attached hydrogens (tertiary/aromatic N) is 1. The Bertz CT molecular complexity index is 1220. The van der Waals surface area contributed by atoms with E-state index in [2.05, 4.69) is 5.32 Å². The van der Waals surface area contributed by atoms with Crippen LogP contribution in [0.4, 0.5) is 0 Å². The third-order valence-electron chi connectivity index (χ3n) is 6.27. The largest absolute Gasteiger partial charge is 0.493 e. The predicted molar refractivity (Wildman–Crippen MR) is 157 cm³/mol. The van der Waals surface area contributed by atoms with Crippen LogP contribution in [0.2, 0.25) is 5.02 Å². The van der Waals surface area contributed by atoms with Crippen LogP contribution >= 0.6 is 34.2 Å². The molecule has 3 atom stereocenters. The number of nitrogens with one attached hydrogen (secondary N) is 1. The van der Waals surface area contributed by atoms with E-state index in [0.29, 0.717) is 27.0 Å². The van der Waals surface area contributed by atoms with Gasteiger partial charge in [0.05, 0.1) is 23.3 Å². The summed E-state index contributed by atoms with van der Waals surface area (Å²) in [6.45, 7) is 1.78. The summed E-state index contributed by atoms with van der Waals surface area (Å²) >= 11 is 8.04. The molecule has 0 radical (unpaired) electrons. The van der Waals surface area contributed by atoms with Gasteiger partial charge >= 0.3 is 0 Å². The van der Waals surface area contributed by atoms with E-state index in [1.165, 1.54) is 24.2 Å². The number of hydrogen-bond donors (Lipinski definition) is 3. The van der Waals surface area contributed by atoms with Crippen LogP contribution in [-0.4, -0.2) is 84.9 Å². The van der Waals surface area contributed by atoms with E-state index < -0.39 is 24.2 Å². The van der Waals surface area contributed by atoms with E-state index in [1.54, 1.807) is 37.3 Å². The van der Waals surface area contributed by atoms with Crippen LogP contribution in [0.25, 0.3) is 0 Å². The summed E-state index contributed by atoms with van der Waals surface area (Å²) in [4.78, 5) is 39.2. The van der Waals surface area contributed by atoms with Gasteiger partial charge in [-0.15, -0.1) is 0 Å².